The molecule has 0 saturated heterocycles. The molecule has 20 heavy (non-hydrogen) atoms. The predicted molar refractivity (Wildman–Crippen MR) is 84.2 cm³/mol. The van der Waals surface area contributed by atoms with Gasteiger partial charge in [0.2, 0.25) is 0 Å². The predicted octanol–water partition coefficient (Wildman–Crippen LogP) is 2.86. The number of methoxy groups -OCH3 is 1. The molecule has 0 radical (unpaired) electrons. The first-order valence-corrected chi connectivity index (χ1v) is 7.71. The molecule has 114 valence electrons. The number of nitrogens with one attached hydrogen (secondary N) is 1. The first-order chi connectivity index (χ1) is 9.76. The van der Waals surface area contributed by atoms with E-state index in [1.165, 1.54) is 0 Å². The van der Waals surface area contributed by atoms with Crippen LogP contribution in [-0.4, -0.2) is 43.2 Å². The Labute approximate surface area is 123 Å². The maximum atomic E-state index is 5.45. The van der Waals surface area contributed by atoms with Crippen LogP contribution in [-0.2, 0) is 0 Å². The summed E-state index contributed by atoms with van der Waals surface area (Å²) in [6.07, 6.45) is 4.02. The highest BCUT2D eigenvalue weighted by Gasteiger charge is 2.17. The van der Waals surface area contributed by atoms with Gasteiger partial charge < -0.3 is 15.0 Å². The van der Waals surface area contributed by atoms with Gasteiger partial charge in [-0.2, -0.15) is 0 Å². The lowest BCUT2D eigenvalue weighted by Crippen LogP contribution is -2.30. The van der Waals surface area contributed by atoms with Crippen LogP contribution in [0.3, 0.4) is 0 Å². The number of ether oxygens (including phenoxy) is 1. The molecule has 1 N–H and O–H groups in total. The Bertz CT molecular complexity index is 366. The minimum absolute atomic E-state index is 0.256. The zero-order valence-corrected chi connectivity index (χ0v) is 13.4. The van der Waals surface area contributed by atoms with Crippen LogP contribution in [0, 0.1) is 0 Å². The van der Waals surface area contributed by atoms with E-state index in [4.69, 9.17) is 4.74 Å². The van der Waals surface area contributed by atoms with Gasteiger partial charge in [-0.15, -0.1) is 0 Å². The summed E-state index contributed by atoms with van der Waals surface area (Å²) in [6, 6.07) is 4.16. The lowest BCUT2D eigenvalue weighted by molar-refractivity contribution is 0.278. The molecular formula is C16H29N3O. The maximum absolute atomic E-state index is 5.45. The van der Waals surface area contributed by atoms with Gasteiger partial charge in [0.05, 0.1) is 18.8 Å². The Morgan fingerprint density at radius 3 is 2.65 bits per heavy atom. The van der Waals surface area contributed by atoms with Gasteiger partial charge in [-0.05, 0) is 51.2 Å². The van der Waals surface area contributed by atoms with Crippen LogP contribution in [0.1, 0.15) is 45.3 Å². The number of pyridine rings is 1. The minimum Gasteiger partial charge on any atom is -0.495 e. The Hall–Kier alpha value is -1.13. The quantitative estimate of drug-likeness (QED) is 0.714. The molecule has 0 aliphatic carbocycles. The van der Waals surface area contributed by atoms with Crippen molar-refractivity contribution in [3.63, 3.8) is 0 Å². The molecule has 1 aromatic rings. The third kappa shape index (κ3) is 5.10. The van der Waals surface area contributed by atoms with Crippen molar-refractivity contribution in [1.29, 1.82) is 0 Å². The summed E-state index contributed by atoms with van der Waals surface area (Å²) in [6.45, 7) is 10.9. The second kappa shape index (κ2) is 9.72. The molecule has 0 aliphatic rings. The van der Waals surface area contributed by atoms with Gasteiger partial charge in [0, 0.05) is 6.20 Å². The van der Waals surface area contributed by atoms with Crippen LogP contribution >= 0.6 is 0 Å². The third-order valence-electron chi connectivity index (χ3n) is 3.62. The van der Waals surface area contributed by atoms with Crippen molar-refractivity contribution in [1.82, 2.24) is 15.2 Å². The monoisotopic (exact) mass is 279 g/mol. The number of aromatic nitrogens is 1. The summed E-state index contributed by atoms with van der Waals surface area (Å²) in [5.41, 5.74) is 1.02. The second-order valence-corrected chi connectivity index (χ2v) is 4.91. The van der Waals surface area contributed by atoms with Crippen molar-refractivity contribution >= 4 is 0 Å². The summed E-state index contributed by atoms with van der Waals surface area (Å²) >= 11 is 0. The molecule has 0 saturated carbocycles. The first kappa shape index (κ1) is 16.9. The summed E-state index contributed by atoms with van der Waals surface area (Å²) in [5.74, 6) is 0.876. The van der Waals surface area contributed by atoms with Crippen LogP contribution in [0.5, 0.6) is 5.75 Å². The normalized spacial score (nSPS) is 12.7. The summed E-state index contributed by atoms with van der Waals surface area (Å²) in [4.78, 5) is 6.97. The molecule has 1 aromatic heterocycles. The molecule has 0 spiro atoms. The van der Waals surface area contributed by atoms with Gasteiger partial charge in [0.15, 0.2) is 0 Å². The smallest absolute Gasteiger partial charge is 0.141 e. The molecule has 4 heteroatoms. The highest BCUT2D eigenvalue weighted by atomic mass is 16.5. The largest absolute Gasteiger partial charge is 0.495 e. The van der Waals surface area contributed by atoms with E-state index in [-0.39, 0.29) is 6.04 Å². The van der Waals surface area contributed by atoms with Crippen LogP contribution in [0.4, 0.5) is 0 Å². The van der Waals surface area contributed by atoms with Crippen molar-refractivity contribution in [2.45, 2.75) is 39.7 Å². The van der Waals surface area contributed by atoms with E-state index in [1.807, 2.05) is 18.3 Å². The molecule has 4 nitrogen and oxygen atoms in total. The van der Waals surface area contributed by atoms with Gasteiger partial charge in [0.25, 0.3) is 0 Å². The van der Waals surface area contributed by atoms with Crippen LogP contribution in [0.2, 0.25) is 0 Å². The van der Waals surface area contributed by atoms with Crippen molar-refractivity contribution in [2.75, 3.05) is 33.3 Å². The highest BCUT2D eigenvalue weighted by Crippen LogP contribution is 2.24. The minimum atomic E-state index is 0.256. The highest BCUT2D eigenvalue weighted by molar-refractivity contribution is 5.29. The van der Waals surface area contributed by atoms with Crippen LogP contribution in [0.25, 0.3) is 0 Å². The number of hydrogen-bond acceptors (Lipinski definition) is 4. The average molecular weight is 279 g/mol. The van der Waals surface area contributed by atoms with Gasteiger partial charge in [-0.25, -0.2) is 0 Å². The first-order valence-electron chi connectivity index (χ1n) is 7.71. The van der Waals surface area contributed by atoms with Gasteiger partial charge >= 0.3 is 0 Å². The summed E-state index contributed by atoms with van der Waals surface area (Å²) < 4.78 is 5.45. The molecule has 1 heterocycles. The van der Waals surface area contributed by atoms with E-state index in [1.54, 1.807) is 7.11 Å². The van der Waals surface area contributed by atoms with Gasteiger partial charge in [0.1, 0.15) is 5.75 Å². The van der Waals surface area contributed by atoms with E-state index < -0.39 is 0 Å². The molecule has 0 aliphatic heterocycles. The average Bonchev–Trinajstić information content (AvgIpc) is 2.51. The van der Waals surface area contributed by atoms with E-state index in [9.17, 15) is 0 Å². The van der Waals surface area contributed by atoms with Crippen molar-refractivity contribution in [3.05, 3.63) is 24.0 Å². The molecule has 1 rings (SSSR count). The standard InChI is InChI=1S/C16H29N3O/c1-5-11-17-14(10-13-19(6-2)7-3)16-15(20-4)9-8-12-18-16/h8-9,12,14,17H,5-7,10-11,13H2,1-4H3. The Morgan fingerprint density at radius 1 is 1.30 bits per heavy atom. The van der Waals surface area contributed by atoms with Gasteiger partial charge in [-0.1, -0.05) is 20.8 Å². The number of nitrogens with zero attached hydrogens (tertiary/aromatic N) is 2. The summed E-state index contributed by atoms with van der Waals surface area (Å²) in [5, 5.41) is 3.59. The second-order valence-electron chi connectivity index (χ2n) is 4.91. The Kier molecular flexibility index (Phi) is 8.23. The van der Waals surface area contributed by atoms with Crippen molar-refractivity contribution in [3.8, 4) is 5.75 Å². The molecule has 1 unspecified atom stereocenters. The van der Waals surface area contributed by atoms with Gasteiger partial charge in [-0.3, -0.25) is 4.98 Å². The molecule has 0 aromatic carbocycles. The SMILES string of the molecule is CCCNC(CCN(CC)CC)c1ncccc1OC. The fraction of sp³-hybridized carbons (Fsp3) is 0.688. The Balaban J connectivity index is 2.77. The zero-order chi connectivity index (χ0) is 14.8. The molecule has 0 fully saturated rings. The lowest BCUT2D eigenvalue weighted by atomic mass is 10.1. The zero-order valence-electron chi connectivity index (χ0n) is 13.4. The van der Waals surface area contributed by atoms with Crippen molar-refractivity contribution in [2.24, 2.45) is 0 Å². The van der Waals surface area contributed by atoms with E-state index in [2.05, 4.69) is 36.0 Å². The van der Waals surface area contributed by atoms with Crippen LogP contribution in [0.15, 0.2) is 18.3 Å². The lowest BCUT2D eigenvalue weighted by Gasteiger charge is -2.24. The molecule has 1 atom stereocenters. The van der Waals surface area contributed by atoms with Crippen molar-refractivity contribution < 1.29 is 4.74 Å². The number of hydrogen-bond donors (Lipinski definition) is 1. The maximum Gasteiger partial charge on any atom is 0.141 e. The number of rotatable bonds is 10. The fourth-order valence-corrected chi connectivity index (χ4v) is 2.34. The van der Waals surface area contributed by atoms with E-state index in [0.717, 1.165) is 50.5 Å². The van der Waals surface area contributed by atoms with Crippen LogP contribution < -0.4 is 10.1 Å². The molecular weight excluding hydrogens is 250 g/mol. The molecule has 0 bridgehead atoms. The molecule has 0 amide bonds. The third-order valence-corrected chi connectivity index (χ3v) is 3.62. The van der Waals surface area contributed by atoms with E-state index >= 15 is 0 Å². The fourth-order valence-electron chi connectivity index (χ4n) is 2.34. The topological polar surface area (TPSA) is 37.4 Å². The van der Waals surface area contributed by atoms with E-state index in [0.29, 0.717) is 0 Å². The summed E-state index contributed by atoms with van der Waals surface area (Å²) in [7, 11) is 1.71. The Morgan fingerprint density at radius 2 is 2.05 bits per heavy atom.